The molecule has 0 aromatic carbocycles. The topological polar surface area (TPSA) is 86.0 Å². The van der Waals surface area contributed by atoms with Crippen molar-refractivity contribution in [3.05, 3.63) is 6.07 Å². The van der Waals surface area contributed by atoms with Crippen molar-refractivity contribution in [3.8, 4) is 5.88 Å². The maximum absolute atomic E-state index is 5.90. The van der Waals surface area contributed by atoms with E-state index >= 15 is 0 Å². The van der Waals surface area contributed by atoms with Gasteiger partial charge < -0.3 is 24.8 Å². The molecular formula is C20H33N5O3. The number of nitrogen functional groups attached to an aromatic ring is 1. The Balaban J connectivity index is 1.50. The number of morpholine rings is 1. The Morgan fingerprint density at radius 1 is 1.21 bits per heavy atom. The molecule has 28 heavy (non-hydrogen) atoms. The molecule has 3 heterocycles. The summed E-state index contributed by atoms with van der Waals surface area (Å²) in [6, 6.07) is 2.57. The summed E-state index contributed by atoms with van der Waals surface area (Å²) in [6.07, 6.45) is 4.81. The molecule has 3 fully saturated rings. The molecule has 0 spiro atoms. The predicted molar refractivity (Wildman–Crippen MR) is 108 cm³/mol. The number of anilines is 2. The summed E-state index contributed by atoms with van der Waals surface area (Å²) in [7, 11) is 3.43. The summed E-state index contributed by atoms with van der Waals surface area (Å²) in [5, 5.41) is 0. The Morgan fingerprint density at radius 2 is 2.04 bits per heavy atom. The molecule has 8 nitrogen and oxygen atoms in total. The number of aromatic nitrogens is 2. The van der Waals surface area contributed by atoms with Gasteiger partial charge in [0, 0.05) is 50.8 Å². The third kappa shape index (κ3) is 3.90. The molecule has 3 aliphatic rings. The van der Waals surface area contributed by atoms with Crippen LogP contribution in [0, 0.1) is 11.3 Å². The molecule has 2 aliphatic heterocycles. The molecule has 2 saturated heterocycles. The van der Waals surface area contributed by atoms with Crippen molar-refractivity contribution in [2.24, 2.45) is 11.3 Å². The monoisotopic (exact) mass is 391 g/mol. The number of nitrogens with zero attached hydrogens (tertiary/aromatic N) is 4. The summed E-state index contributed by atoms with van der Waals surface area (Å²) >= 11 is 0. The molecule has 156 valence electrons. The van der Waals surface area contributed by atoms with Crippen LogP contribution in [0.1, 0.15) is 25.7 Å². The fourth-order valence-corrected chi connectivity index (χ4v) is 5.45. The molecule has 0 radical (unpaired) electrons. The lowest BCUT2D eigenvalue weighted by Crippen LogP contribution is -2.57. The van der Waals surface area contributed by atoms with Gasteiger partial charge >= 0.3 is 0 Å². The van der Waals surface area contributed by atoms with Gasteiger partial charge in [-0.05, 0) is 31.6 Å². The molecule has 0 amide bonds. The van der Waals surface area contributed by atoms with Crippen LogP contribution in [0.15, 0.2) is 6.07 Å². The van der Waals surface area contributed by atoms with Gasteiger partial charge in [-0.1, -0.05) is 0 Å². The van der Waals surface area contributed by atoms with E-state index in [1.54, 1.807) is 7.11 Å². The van der Waals surface area contributed by atoms with Gasteiger partial charge in [0.2, 0.25) is 11.8 Å². The van der Waals surface area contributed by atoms with E-state index in [4.69, 9.17) is 19.9 Å². The molecule has 1 aromatic rings. The molecule has 3 atom stereocenters. The highest BCUT2D eigenvalue weighted by molar-refractivity contribution is 5.46. The molecule has 4 rings (SSSR count). The second-order valence-corrected chi connectivity index (χ2v) is 8.41. The number of rotatable bonds is 5. The van der Waals surface area contributed by atoms with Crippen molar-refractivity contribution >= 4 is 11.8 Å². The van der Waals surface area contributed by atoms with Crippen molar-refractivity contribution in [1.82, 2.24) is 14.9 Å². The predicted octanol–water partition coefficient (Wildman–Crippen LogP) is 1.41. The SMILES string of the molecule is COCC12CCC(N3CCOCC3)CC1CCN(c1cc(OC)nc(N)n1)C2. The first-order valence-corrected chi connectivity index (χ1v) is 10.4. The third-order valence-electron chi connectivity index (χ3n) is 6.88. The minimum atomic E-state index is 0.169. The number of nitrogens with two attached hydrogens (primary N) is 1. The minimum Gasteiger partial charge on any atom is -0.481 e. The van der Waals surface area contributed by atoms with Gasteiger partial charge in [0.15, 0.2) is 0 Å². The molecule has 8 heteroatoms. The second-order valence-electron chi connectivity index (χ2n) is 8.41. The van der Waals surface area contributed by atoms with Gasteiger partial charge in [0.05, 0.1) is 26.9 Å². The quantitative estimate of drug-likeness (QED) is 0.806. The third-order valence-corrected chi connectivity index (χ3v) is 6.88. The number of fused-ring (bicyclic) bond motifs is 1. The molecule has 3 unspecified atom stereocenters. The van der Waals surface area contributed by atoms with Gasteiger partial charge in [-0.25, -0.2) is 0 Å². The zero-order valence-corrected chi connectivity index (χ0v) is 17.1. The number of hydrogen-bond acceptors (Lipinski definition) is 8. The van der Waals surface area contributed by atoms with Crippen LogP contribution in [-0.4, -0.2) is 81.1 Å². The molecule has 1 aromatic heterocycles. The molecular weight excluding hydrogens is 358 g/mol. The minimum absolute atomic E-state index is 0.169. The van der Waals surface area contributed by atoms with Crippen molar-refractivity contribution < 1.29 is 14.2 Å². The zero-order chi connectivity index (χ0) is 19.6. The lowest BCUT2D eigenvalue weighted by atomic mass is 9.62. The van der Waals surface area contributed by atoms with Crippen molar-refractivity contribution in [1.29, 1.82) is 0 Å². The number of hydrogen-bond donors (Lipinski definition) is 1. The Hall–Kier alpha value is -1.64. The highest BCUT2D eigenvalue weighted by Gasteiger charge is 2.48. The summed E-state index contributed by atoms with van der Waals surface area (Å²) < 4.78 is 16.6. The van der Waals surface area contributed by atoms with Crippen molar-refractivity contribution in [3.63, 3.8) is 0 Å². The van der Waals surface area contributed by atoms with Crippen LogP contribution in [-0.2, 0) is 9.47 Å². The van der Waals surface area contributed by atoms with E-state index in [9.17, 15) is 0 Å². The van der Waals surface area contributed by atoms with E-state index in [-0.39, 0.29) is 11.4 Å². The Morgan fingerprint density at radius 3 is 2.79 bits per heavy atom. The van der Waals surface area contributed by atoms with Crippen molar-refractivity contribution in [2.45, 2.75) is 31.7 Å². The Bertz CT molecular complexity index is 669. The lowest BCUT2D eigenvalue weighted by Gasteiger charge is -2.54. The molecule has 1 saturated carbocycles. The number of methoxy groups -OCH3 is 2. The van der Waals surface area contributed by atoms with E-state index in [0.717, 1.165) is 58.2 Å². The van der Waals surface area contributed by atoms with Crippen LogP contribution >= 0.6 is 0 Å². The first-order valence-electron chi connectivity index (χ1n) is 10.4. The molecule has 0 bridgehead atoms. The second kappa shape index (κ2) is 8.39. The average Bonchev–Trinajstić information content (AvgIpc) is 2.73. The van der Waals surface area contributed by atoms with Crippen LogP contribution in [0.4, 0.5) is 11.8 Å². The Labute approximate surface area is 167 Å². The van der Waals surface area contributed by atoms with Crippen LogP contribution in [0.2, 0.25) is 0 Å². The standard InChI is InChI=1S/C20H33N5O3/c1-26-14-20-5-3-16(24-7-9-28-10-8-24)11-15(20)4-6-25(13-20)17-12-18(27-2)23-19(21)22-17/h12,15-16H,3-11,13-14H2,1-2H3,(H2,21,22,23). The molecule has 1 aliphatic carbocycles. The van der Waals surface area contributed by atoms with E-state index in [1.807, 2.05) is 13.2 Å². The lowest BCUT2D eigenvalue weighted by molar-refractivity contribution is -0.0540. The van der Waals surface area contributed by atoms with E-state index in [2.05, 4.69) is 19.8 Å². The summed E-state index contributed by atoms with van der Waals surface area (Å²) in [5.41, 5.74) is 6.07. The van der Waals surface area contributed by atoms with E-state index in [1.165, 1.54) is 19.3 Å². The summed E-state index contributed by atoms with van der Waals surface area (Å²) in [4.78, 5) is 13.6. The fourth-order valence-electron chi connectivity index (χ4n) is 5.45. The normalized spacial score (nSPS) is 31.4. The van der Waals surface area contributed by atoms with E-state index in [0.29, 0.717) is 17.8 Å². The highest BCUT2D eigenvalue weighted by atomic mass is 16.5. The van der Waals surface area contributed by atoms with Crippen LogP contribution in [0.3, 0.4) is 0 Å². The highest BCUT2D eigenvalue weighted by Crippen LogP contribution is 2.48. The first-order chi connectivity index (χ1) is 13.6. The largest absolute Gasteiger partial charge is 0.481 e. The van der Waals surface area contributed by atoms with Crippen LogP contribution in [0.25, 0.3) is 0 Å². The maximum Gasteiger partial charge on any atom is 0.225 e. The van der Waals surface area contributed by atoms with Crippen molar-refractivity contribution in [2.75, 3.05) is 70.9 Å². The number of piperidine rings is 1. The van der Waals surface area contributed by atoms with Crippen LogP contribution < -0.4 is 15.4 Å². The van der Waals surface area contributed by atoms with Gasteiger partial charge in [-0.2, -0.15) is 9.97 Å². The Kier molecular flexibility index (Phi) is 5.89. The van der Waals surface area contributed by atoms with Gasteiger partial charge in [0.1, 0.15) is 5.82 Å². The van der Waals surface area contributed by atoms with Gasteiger partial charge in [0.25, 0.3) is 0 Å². The fraction of sp³-hybridized carbons (Fsp3) is 0.800. The van der Waals surface area contributed by atoms with Crippen LogP contribution in [0.5, 0.6) is 5.88 Å². The average molecular weight is 392 g/mol. The van der Waals surface area contributed by atoms with Gasteiger partial charge in [-0.3, -0.25) is 4.90 Å². The number of ether oxygens (including phenoxy) is 3. The smallest absolute Gasteiger partial charge is 0.225 e. The maximum atomic E-state index is 5.90. The summed E-state index contributed by atoms with van der Waals surface area (Å²) in [5.74, 6) is 2.30. The zero-order valence-electron chi connectivity index (χ0n) is 17.1. The molecule has 2 N–H and O–H groups in total. The van der Waals surface area contributed by atoms with E-state index < -0.39 is 0 Å². The summed E-state index contributed by atoms with van der Waals surface area (Å²) in [6.45, 7) is 6.60. The van der Waals surface area contributed by atoms with Gasteiger partial charge in [-0.15, -0.1) is 0 Å². The first kappa shape index (κ1) is 19.7.